The van der Waals surface area contributed by atoms with Crippen molar-refractivity contribution < 1.29 is 14.3 Å². The average Bonchev–Trinajstić information content (AvgIpc) is 2.70. The maximum absolute atomic E-state index is 12.1. The molecule has 2 rings (SSSR count). The third kappa shape index (κ3) is 6.61. The fraction of sp³-hybridized carbons (Fsp3) is 0.364. The third-order valence-corrected chi connectivity index (χ3v) is 4.50. The number of nitrogens with zero attached hydrogens (tertiary/aromatic N) is 1. The fourth-order valence-electron chi connectivity index (χ4n) is 2.90. The van der Waals surface area contributed by atoms with Crippen LogP contribution in [0.25, 0.3) is 0 Å². The van der Waals surface area contributed by atoms with E-state index in [1.807, 2.05) is 48.5 Å². The van der Waals surface area contributed by atoms with E-state index in [4.69, 9.17) is 4.74 Å². The van der Waals surface area contributed by atoms with Crippen molar-refractivity contribution >= 4 is 23.2 Å². The van der Waals surface area contributed by atoms with Crippen LogP contribution in [0.2, 0.25) is 0 Å². The Morgan fingerprint density at radius 2 is 1.57 bits per heavy atom. The smallest absolute Gasteiger partial charge is 0.233 e. The Balaban J connectivity index is 1.73. The number of methoxy groups -OCH3 is 1. The van der Waals surface area contributed by atoms with Gasteiger partial charge in [-0.05, 0) is 62.2 Å². The summed E-state index contributed by atoms with van der Waals surface area (Å²) in [5, 5.41) is 5.54. The summed E-state index contributed by atoms with van der Waals surface area (Å²) in [5.74, 6) is 0.192. The van der Waals surface area contributed by atoms with Gasteiger partial charge in [-0.2, -0.15) is 0 Å². The Hall–Kier alpha value is -3.02. The largest absolute Gasteiger partial charge is 0.497 e. The molecular weight excluding hydrogens is 354 g/mol. The second kappa shape index (κ2) is 11.0. The van der Waals surface area contributed by atoms with Gasteiger partial charge in [0.05, 0.1) is 7.11 Å². The van der Waals surface area contributed by atoms with E-state index in [1.165, 1.54) is 0 Å². The van der Waals surface area contributed by atoms with E-state index in [1.54, 1.807) is 7.11 Å². The first kappa shape index (κ1) is 21.3. The normalized spacial score (nSPS) is 10.2. The molecule has 0 heterocycles. The lowest BCUT2D eigenvalue weighted by Gasteiger charge is -2.21. The number of amides is 2. The van der Waals surface area contributed by atoms with Crippen LogP contribution < -0.4 is 20.3 Å². The molecule has 0 radical (unpaired) electrons. The highest BCUT2D eigenvalue weighted by atomic mass is 16.5. The molecule has 6 nitrogen and oxygen atoms in total. The molecule has 0 saturated carbocycles. The second-order valence-corrected chi connectivity index (χ2v) is 6.39. The molecule has 0 fully saturated rings. The van der Waals surface area contributed by atoms with Crippen LogP contribution in [0.3, 0.4) is 0 Å². The molecule has 6 heteroatoms. The van der Waals surface area contributed by atoms with Gasteiger partial charge in [-0.1, -0.05) is 12.1 Å². The van der Waals surface area contributed by atoms with E-state index in [9.17, 15) is 9.59 Å². The van der Waals surface area contributed by atoms with E-state index < -0.39 is 0 Å². The molecular formula is C22H29N3O3. The van der Waals surface area contributed by atoms with Crippen molar-refractivity contribution in [2.45, 2.75) is 26.7 Å². The number of benzene rings is 2. The van der Waals surface area contributed by atoms with Crippen LogP contribution in [0.4, 0.5) is 11.4 Å². The minimum absolute atomic E-state index is 0.194. The summed E-state index contributed by atoms with van der Waals surface area (Å²) in [4.78, 5) is 26.2. The standard InChI is InChI=1S/C22H29N3O3/c1-4-25(5-2)19-10-8-18(9-11-19)24-22(27)16-21(26)23-15-14-17-6-12-20(28-3)13-7-17/h6-13H,4-5,14-16H2,1-3H3,(H,23,26)(H,24,27). The van der Waals surface area contributed by atoms with Gasteiger partial charge in [0.2, 0.25) is 11.8 Å². The molecule has 0 spiro atoms. The molecule has 2 aromatic carbocycles. The molecule has 0 atom stereocenters. The molecule has 0 aliphatic carbocycles. The number of anilines is 2. The number of rotatable bonds is 10. The molecule has 2 N–H and O–H groups in total. The van der Waals surface area contributed by atoms with Gasteiger partial charge < -0.3 is 20.3 Å². The fourth-order valence-corrected chi connectivity index (χ4v) is 2.90. The lowest BCUT2D eigenvalue weighted by Crippen LogP contribution is -2.29. The van der Waals surface area contributed by atoms with Crippen molar-refractivity contribution in [3.05, 3.63) is 54.1 Å². The van der Waals surface area contributed by atoms with Gasteiger partial charge in [0.15, 0.2) is 0 Å². The molecule has 0 aromatic heterocycles. The van der Waals surface area contributed by atoms with E-state index in [0.717, 1.165) is 30.1 Å². The van der Waals surface area contributed by atoms with Crippen LogP contribution in [0.5, 0.6) is 5.75 Å². The molecule has 0 aliphatic heterocycles. The van der Waals surface area contributed by atoms with Crippen molar-refractivity contribution in [3.8, 4) is 5.75 Å². The summed E-state index contributed by atoms with van der Waals surface area (Å²) in [6, 6.07) is 15.3. The van der Waals surface area contributed by atoms with Crippen molar-refractivity contribution in [1.82, 2.24) is 5.32 Å². The summed E-state index contributed by atoms with van der Waals surface area (Å²) in [6.45, 7) is 6.55. The summed E-state index contributed by atoms with van der Waals surface area (Å²) in [6.07, 6.45) is 0.505. The van der Waals surface area contributed by atoms with Crippen LogP contribution >= 0.6 is 0 Å². The number of ether oxygens (including phenoxy) is 1. The lowest BCUT2D eigenvalue weighted by atomic mass is 10.1. The van der Waals surface area contributed by atoms with E-state index >= 15 is 0 Å². The summed E-state index contributed by atoms with van der Waals surface area (Å²) >= 11 is 0. The van der Waals surface area contributed by atoms with Gasteiger partial charge in [-0.25, -0.2) is 0 Å². The van der Waals surface area contributed by atoms with E-state index in [-0.39, 0.29) is 18.2 Å². The molecule has 2 aromatic rings. The highest BCUT2D eigenvalue weighted by molar-refractivity contribution is 6.03. The van der Waals surface area contributed by atoms with Crippen molar-refractivity contribution in [2.24, 2.45) is 0 Å². The first-order valence-electron chi connectivity index (χ1n) is 9.60. The number of carbonyl (C=O) groups excluding carboxylic acids is 2. The Labute approximate surface area is 166 Å². The van der Waals surface area contributed by atoms with E-state index in [0.29, 0.717) is 18.7 Å². The molecule has 0 bridgehead atoms. The van der Waals surface area contributed by atoms with Gasteiger partial charge in [-0.15, -0.1) is 0 Å². The van der Waals surface area contributed by atoms with Crippen molar-refractivity contribution in [2.75, 3.05) is 37.0 Å². The zero-order valence-corrected chi connectivity index (χ0v) is 16.8. The maximum atomic E-state index is 12.1. The topological polar surface area (TPSA) is 70.7 Å². The summed E-state index contributed by atoms with van der Waals surface area (Å²) in [7, 11) is 1.62. The van der Waals surface area contributed by atoms with Gasteiger partial charge in [0.1, 0.15) is 12.2 Å². The monoisotopic (exact) mass is 383 g/mol. The van der Waals surface area contributed by atoms with Crippen LogP contribution in [0, 0.1) is 0 Å². The predicted molar refractivity (Wildman–Crippen MR) is 113 cm³/mol. The molecule has 150 valence electrons. The number of hydrogen-bond acceptors (Lipinski definition) is 4. The predicted octanol–water partition coefficient (Wildman–Crippen LogP) is 3.23. The second-order valence-electron chi connectivity index (χ2n) is 6.39. The number of hydrogen-bond donors (Lipinski definition) is 2. The summed E-state index contributed by atoms with van der Waals surface area (Å²) in [5.41, 5.74) is 2.89. The summed E-state index contributed by atoms with van der Waals surface area (Å²) < 4.78 is 5.12. The minimum atomic E-state index is -0.322. The molecule has 0 unspecified atom stereocenters. The third-order valence-electron chi connectivity index (χ3n) is 4.50. The first-order valence-corrected chi connectivity index (χ1v) is 9.60. The molecule has 2 amide bonds. The van der Waals surface area contributed by atoms with E-state index in [2.05, 4.69) is 29.4 Å². The average molecular weight is 383 g/mol. The van der Waals surface area contributed by atoms with Crippen LogP contribution in [-0.2, 0) is 16.0 Å². The van der Waals surface area contributed by atoms with Crippen molar-refractivity contribution in [1.29, 1.82) is 0 Å². The molecule has 28 heavy (non-hydrogen) atoms. The Bertz CT molecular complexity index is 754. The minimum Gasteiger partial charge on any atom is -0.497 e. The highest BCUT2D eigenvalue weighted by Gasteiger charge is 2.10. The Kier molecular flexibility index (Phi) is 8.34. The first-order chi connectivity index (χ1) is 13.5. The van der Waals surface area contributed by atoms with Crippen LogP contribution in [0.1, 0.15) is 25.8 Å². The quantitative estimate of drug-likeness (QED) is 0.618. The Morgan fingerprint density at radius 1 is 0.929 bits per heavy atom. The van der Waals surface area contributed by atoms with Gasteiger partial charge in [0, 0.05) is 31.0 Å². The molecule has 0 saturated heterocycles. The molecule has 0 aliphatic rings. The van der Waals surface area contributed by atoms with Gasteiger partial charge in [-0.3, -0.25) is 9.59 Å². The van der Waals surface area contributed by atoms with Crippen LogP contribution in [-0.4, -0.2) is 38.6 Å². The van der Waals surface area contributed by atoms with Gasteiger partial charge in [0.25, 0.3) is 0 Å². The SMILES string of the molecule is CCN(CC)c1ccc(NC(=O)CC(=O)NCCc2ccc(OC)cc2)cc1. The number of carbonyl (C=O) groups is 2. The van der Waals surface area contributed by atoms with Gasteiger partial charge >= 0.3 is 0 Å². The number of nitrogens with one attached hydrogen (secondary N) is 2. The lowest BCUT2D eigenvalue weighted by molar-refractivity contribution is -0.126. The van der Waals surface area contributed by atoms with Crippen molar-refractivity contribution in [3.63, 3.8) is 0 Å². The van der Waals surface area contributed by atoms with Crippen LogP contribution in [0.15, 0.2) is 48.5 Å². The zero-order chi connectivity index (χ0) is 20.4. The maximum Gasteiger partial charge on any atom is 0.233 e. The Morgan fingerprint density at radius 3 is 2.14 bits per heavy atom. The zero-order valence-electron chi connectivity index (χ0n) is 16.8. The highest BCUT2D eigenvalue weighted by Crippen LogP contribution is 2.17.